The summed E-state index contributed by atoms with van der Waals surface area (Å²) in [4.78, 5) is 2.18. The number of nitrogens with one attached hydrogen (secondary N) is 2. The summed E-state index contributed by atoms with van der Waals surface area (Å²) in [7, 11) is 0. The molecule has 1 aliphatic rings. The SMILES string of the molecule is C=CN(C1=C(CC)c2ccc(/C=N/NC(=C)Nc3ccccc3C(F)(F)F)cc2CC1)c1ccc(C)cc1. The van der Waals surface area contributed by atoms with E-state index in [-0.39, 0.29) is 11.5 Å². The standard InChI is InChI=1S/C31H31F3N4/c1-5-26-27-17-13-23(20-35-37-22(4)36-29-10-8-7-9-28(29)31(32,33)34)19-24(27)14-18-30(26)38(6-2)25-15-11-21(3)12-16-25/h6-13,15-17,19-20,36-37H,2,4-5,14,18H2,1,3H3/b35-20+. The third kappa shape index (κ3) is 5.99. The minimum absolute atomic E-state index is 0.0876. The van der Waals surface area contributed by atoms with E-state index in [1.165, 1.54) is 46.2 Å². The molecule has 0 fully saturated rings. The Morgan fingerprint density at radius 1 is 1.05 bits per heavy atom. The summed E-state index contributed by atoms with van der Waals surface area (Å²) in [6.45, 7) is 12.0. The fraction of sp³-hybridized carbons (Fsp3) is 0.194. The lowest BCUT2D eigenvalue weighted by molar-refractivity contribution is -0.136. The Labute approximate surface area is 221 Å². The van der Waals surface area contributed by atoms with E-state index >= 15 is 0 Å². The van der Waals surface area contributed by atoms with Crippen LogP contribution >= 0.6 is 0 Å². The van der Waals surface area contributed by atoms with Gasteiger partial charge in [-0.1, -0.05) is 62.0 Å². The maximum Gasteiger partial charge on any atom is 0.418 e. The number of aryl methyl sites for hydroxylation is 2. The number of fused-ring (bicyclic) bond motifs is 1. The van der Waals surface area contributed by atoms with Crippen LogP contribution in [0.15, 0.2) is 103 Å². The van der Waals surface area contributed by atoms with E-state index < -0.39 is 11.7 Å². The molecule has 7 heteroatoms. The second-order valence-electron chi connectivity index (χ2n) is 9.10. The predicted molar refractivity (Wildman–Crippen MR) is 151 cm³/mol. The van der Waals surface area contributed by atoms with Gasteiger partial charge in [0.2, 0.25) is 0 Å². The summed E-state index contributed by atoms with van der Waals surface area (Å²) in [5.74, 6) is 0.136. The van der Waals surface area contributed by atoms with Crippen LogP contribution < -0.4 is 15.6 Å². The smallest absolute Gasteiger partial charge is 0.341 e. The van der Waals surface area contributed by atoms with Crippen LogP contribution in [0.1, 0.15) is 47.6 Å². The number of anilines is 2. The van der Waals surface area contributed by atoms with Crippen LogP contribution in [0.25, 0.3) is 5.57 Å². The molecule has 0 amide bonds. The van der Waals surface area contributed by atoms with Crippen molar-refractivity contribution in [2.24, 2.45) is 5.10 Å². The number of alkyl halides is 3. The third-order valence-corrected chi connectivity index (χ3v) is 6.50. The van der Waals surface area contributed by atoms with Crippen LogP contribution in [-0.2, 0) is 12.6 Å². The number of hydrogen-bond acceptors (Lipinski definition) is 4. The van der Waals surface area contributed by atoms with Gasteiger partial charge in [-0.3, -0.25) is 5.43 Å². The van der Waals surface area contributed by atoms with Crippen LogP contribution in [0.4, 0.5) is 24.5 Å². The Morgan fingerprint density at radius 2 is 1.79 bits per heavy atom. The van der Waals surface area contributed by atoms with Crippen LogP contribution in [0.2, 0.25) is 0 Å². The second kappa shape index (κ2) is 11.4. The lowest BCUT2D eigenvalue weighted by Gasteiger charge is -2.31. The normalized spacial score (nSPS) is 13.3. The molecule has 196 valence electrons. The minimum atomic E-state index is -4.47. The van der Waals surface area contributed by atoms with Crippen molar-refractivity contribution < 1.29 is 13.2 Å². The Hall–Kier alpha value is -4.26. The van der Waals surface area contributed by atoms with Gasteiger partial charge in [-0.25, -0.2) is 0 Å². The van der Waals surface area contributed by atoms with Crippen LogP contribution in [0, 0.1) is 6.92 Å². The molecule has 0 aliphatic heterocycles. The maximum absolute atomic E-state index is 13.2. The van der Waals surface area contributed by atoms with Crippen molar-refractivity contribution in [3.8, 4) is 0 Å². The topological polar surface area (TPSA) is 39.7 Å². The van der Waals surface area contributed by atoms with Gasteiger partial charge in [-0.2, -0.15) is 18.3 Å². The molecule has 0 radical (unpaired) electrons. The van der Waals surface area contributed by atoms with E-state index in [1.54, 1.807) is 6.21 Å². The zero-order chi connectivity index (χ0) is 27.3. The number of hydrogen-bond donors (Lipinski definition) is 2. The molecule has 0 spiro atoms. The van der Waals surface area contributed by atoms with Crippen LogP contribution in [0.3, 0.4) is 0 Å². The lowest BCUT2D eigenvalue weighted by atomic mass is 9.85. The predicted octanol–water partition coefficient (Wildman–Crippen LogP) is 8.24. The monoisotopic (exact) mass is 516 g/mol. The summed E-state index contributed by atoms with van der Waals surface area (Å²) < 4.78 is 39.7. The summed E-state index contributed by atoms with van der Waals surface area (Å²) in [6, 6.07) is 19.9. The Bertz CT molecular complexity index is 1380. The summed E-state index contributed by atoms with van der Waals surface area (Å²) in [5, 5.41) is 6.81. The van der Waals surface area contributed by atoms with Crippen molar-refractivity contribution in [1.82, 2.24) is 5.43 Å². The Kier molecular flexibility index (Phi) is 8.05. The van der Waals surface area contributed by atoms with Crippen LogP contribution in [-0.4, -0.2) is 6.21 Å². The van der Waals surface area contributed by atoms with Gasteiger partial charge in [0.1, 0.15) is 5.82 Å². The summed E-state index contributed by atoms with van der Waals surface area (Å²) >= 11 is 0. The van der Waals surface area contributed by atoms with Gasteiger partial charge < -0.3 is 10.2 Å². The molecular weight excluding hydrogens is 485 g/mol. The van der Waals surface area contributed by atoms with Gasteiger partial charge in [0.25, 0.3) is 0 Å². The van der Waals surface area contributed by atoms with Crippen LogP contribution in [0.5, 0.6) is 0 Å². The first-order valence-electron chi connectivity index (χ1n) is 12.5. The van der Waals surface area contributed by atoms with E-state index in [4.69, 9.17) is 0 Å². The fourth-order valence-electron chi connectivity index (χ4n) is 4.71. The molecule has 38 heavy (non-hydrogen) atoms. The van der Waals surface area contributed by atoms with Gasteiger partial charge in [0.05, 0.1) is 17.5 Å². The van der Waals surface area contributed by atoms with Gasteiger partial charge in [0, 0.05) is 17.6 Å². The first-order valence-corrected chi connectivity index (χ1v) is 12.5. The number of rotatable bonds is 9. The van der Waals surface area contributed by atoms with E-state index in [1.807, 2.05) is 12.3 Å². The molecule has 0 unspecified atom stereocenters. The van der Waals surface area contributed by atoms with Crippen molar-refractivity contribution in [3.63, 3.8) is 0 Å². The first-order chi connectivity index (χ1) is 18.2. The molecule has 4 nitrogen and oxygen atoms in total. The van der Waals surface area contributed by atoms with Gasteiger partial charge in [0.15, 0.2) is 0 Å². The highest BCUT2D eigenvalue weighted by Gasteiger charge is 2.33. The van der Waals surface area contributed by atoms with Gasteiger partial charge >= 0.3 is 6.18 Å². The van der Waals surface area contributed by atoms with Crippen molar-refractivity contribution in [2.45, 2.75) is 39.3 Å². The summed E-state index contributed by atoms with van der Waals surface area (Å²) in [6.07, 6.45) is 1.69. The zero-order valence-corrected chi connectivity index (χ0v) is 21.6. The molecular formula is C31H31F3N4. The molecule has 0 aromatic heterocycles. The molecule has 1 aliphatic carbocycles. The summed E-state index contributed by atoms with van der Waals surface area (Å²) in [5.41, 5.74) is 10.0. The highest BCUT2D eigenvalue weighted by Crippen LogP contribution is 2.38. The number of nitrogens with zero attached hydrogens (tertiary/aromatic N) is 2. The number of para-hydroxylation sites is 1. The van der Waals surface area contributed by atoms with Crippen molar-refractivity contribution in [2.75, 3.05) is 10.2 Å². The molecule has 2 N–H and O–H groups in total. The molecule has 0 heterocycles. The molecule has 3 aromatic rings. The maximum atomic E-state index is 13.2. The Morgan fingerprint density at radius 3 is 2.47 bits per heavy atom. The zero-order valence-electron chi connectivity index (χ0n) is 21.6. The lowest BCUT2D eigenvalue weighted by Crippen LogP contribution is -2.20. The van der Waals surface area contributed by atoms with Gasteiger partial charge in [-0.15, -0.1) is 0 Å². The molecule has 3 aromatic carbocycles. The average Bonchev–Trinajstić information content (AvgIpc) is 2.89. The molecule has 0 bridgehead atoms. The minimum Gasteiger partial charge on any atom is -0.341 e. The van der Waals surface area contributed by atoms with E-state index in [0.717, 1.165) is 36.6 Å². The highest BCUT2D eigenvalue weighted by atomic mass is 19.4. The van der Waals surface area contributed by atoms with E-state index in [0.29, 0.717) is 0 Å². The highest BCUT2D eigenvalue weighted by molar-refractivity contribution is 5.83. The van der Waals surface area contributed by atoms with Crippen molar-refractivity contribution >= 4 is 23.2 Å². The van der Waals surface area contributed by atoms with E-state index in [9.17, 15) is 13.2 Å². The quantitative estimate of drug-likeness (QED) is 0.222. The number of halogens is 3. The number of hydrazone groups is 1. The Balaban J connectivity index is 1.49. The molecule has 0 saturated carbocycles. The first kappa shape index (κ1) is 26.8. The molecule has 0 saturated heterocycles. The van der Waals surface area contributed by atoms with E-state index in [2.05, 4.69) is 84.1 Å². The fourth-order valence-corrected chi connectivity index (χ4v) is 4.71. The molecule has 0 atom stereocenters. The average molecular weight is 517 g/mol. The van der Waals surface area contributed by atoms with Crippen molar-refractivity contribution in [3.05, 3.63) is 125 Å². The number of benzene rings is 3. The third-order valence-electron chi connectivity index (χ3n) is 6.50. The molecule has 4 rings (SSSR count). The number of allylic oxidation sites excluding steroid dienone is 2. The largest absolute Gasteiger partial charge is 0.418 e. The van der Waals surface area contributed by atoms with Crippen molar-refractivity contribution in [1.29, 1.82) is 0 Å². The van der Waals surface area contributed by atoms with Gasteiger partial charge in [-0.05, 0) is 78.8 Å². The second-order valence-corrected chi connectivity index (χ2v) is 9.10.